The van der Waals surface area contributed by atoms with E-state index < -0.39 is 21.7 Å². The number of halogens is 2. The van der Waals surface area contributed by atoms with Crippen molar-refractivity contribution in [3.05, 3.63) is 59.4 Å². The molecule has 4 rings (SSSR count). The molecule has 0 radical (unpaired) electrons. The van der Waals surface area contributed by atoms with Crippen LogP contribution in [0.4, 0.5) is 14.5 Å². The number of H-pyrrole nitrogens is 1. The Labute approximate surface area is 197 Å². The lowest BCUT2D eigenvalue weighted by Gasteiger charge is -2.27. The van der Waals surface area contributed by atoms with Crippen molar-refractivity contribution in [3.8, 4) is 0 Å². The molecule has 10 heteroatoms. The first-order valence-corrected chi connectivity index (χ1v) is 13.1. The van der Waals surface area contributed by atoms with Gasteiger partial charge in [-0.1, -0.05) is 6.07 Å². The number of nitrogens with zero attached hydrogens (tertiary/aromatic N) is 1. The Morgan fingerprint density at radius 2 is 1.82 bits per heavy atom. The summed E-state index contributed by atoms with van der Waals surface area (Å²) in [6.07, 6.45) is 3.85. The molecule has 7 nitrogen and oxygen atoms in total. The highest BCUT2D eigenvalue weighted by molar-refractivity contribution is 7.92. The number of aromatic amines is 1. The maximum Gasteiger partial charge on any atom is 0.232 e. The number of sulfonamides is 1. The van der Waals surface area contributed by atoms with E-state index in [-0.39, 0.29) is 29.7 Å². The fraction of sp³-hybridized carbons (Fsp3) is 0.417. The van der Waals surface area contributed by atoms with Crippen molar-refractivity contribution in [2.45, 2.75) is 45.6 Å². The van der Waals surface area contributed by atoms with Crippen LogP contribution in [0.5, 0.6) is 0 Å². The van der Waals surface area contributed by atoms with Crippen molar-refractivity contribution < 1.29 is 22.0 Å². The molecule has 0 spiro atoms. The van der Waals surface area contributed by atoms with Crippen molar-refractivity contribution >= 4 is 32.7 Å². The Balaban J connectivity index is 1.30. The van der Waals surface area contributed by atoms with Gasteiger partial charge in [-0.25, -0.2) is 22.2 Å². The highest BCUT2D eigenvalue weighted by Gasteiger charge is 2.27. The van der Waals surface area contributed by atoms with Gasteiger partial charge in [0.25, 0.3) is 0 Å². The van der Waals surface area contributed by atoms with E-state index in [0.717, 1.165) is 36.1 Å². The number of carbonyl (C=O) groups is 1. The summed E-state index contributed by atoms with van der Waals surface area (Å²) in [6, 6.07) is 8.86. The minimum Gasteiger partial charge on any atom is -0.352 e. The van der Waals surface area contributed by atoms with E-state index in [1.54, 1.807) is 25.1 Å². The van der Waals surface area contributed by atoms with Crippen LogP contribution in [-0.2, 0) is 27.8 Å². The average Bonchev–Trinajstić information content (AvgIpc) is 3.20. The fourth-order valence-corrected chi connectivity index (χ4v) is 5.03. The number of anilines is 1. The van der Waals surface area contributed by atoms with Gasteiger partial charge in [0.15, 0.2) is 0 Å². The average molecular weight is 491 g/mol. The predicted molar refractivity (Wildman–Crippen MR) is 127 cm³/mol. The number of amides is 1. The minimum absolute atomic E-state index is 0.00000942. The van der Waals surface area contributed by atoms with Gasteiger partial charge in [0.2, 0.25) is 15.9 Å². The summed E-state index contributed by atoms with van der Waals surface area (Å²) in [5.74, 6) is -0.475. The van der Waals surface area contributed by atoms with Gasteiger partial charge in [0.1, 0.15) is 17.5 Å². The topological polar surface area (TPSA) is 104 Å². The van der Waals surface area contributed by atoms with Gasteiger partial charge < -0.3 is 10.3 Å². The Hall–Kier alpha value is -3.01. The summed E-state index contributed by atoms with van der Waals surface area (Å²) >= 11 is 0. The Kier molecular flexibility index (Phi) is 7.16. The lowest BCUT2D eigenvalue weighted by molar-refractivity contribution is -0.126. The van der Waals surface area contributed by atoms with Crippen LogP contribution in [0.3, 0.4) is 0 Å². The maximum atomic E-state index is 13.8. The van der Waals surface area contributed by atoms with E-state index in [1.807, 2.05) is 0 Å². The number of nitrogens with one attached hydrogen (secondary N) is 3. The number of hydrogen-bond donors (Lipinski definition) is 3. The Bertz CT molecular complexity index is 1260. The first kappa shape index (κ1) is 24.1. The van der Waals surface area contributed by atoms with E-state index >= 15 is 0 Å². The first-order chi connectivity index (χ1) is 16.2. The largest absolute Gasteiger partial charge is 0.352 e. The predicted octanol–water partition coefficient (Wildman–Crippen LogP) is 4.27. The number of hydrogen-bond acceptors (Lipinski definition) is 4. The number of rotatable bonds is 8. The van der Waals surface area contributed by atoms with E-state index in [2.05, 4.69) is 20.0 Å². The lowest BCUT2D eigenvalue weighted by atomic mass is 9.80. The van der Waals surface area contributed by atoms with Crippen LogP contribution in [0.1, 0.15) is 44.0 Å². The molecule has 1 aliphatic rings. The molecule has 1 heterocycles. The molecule has 0 aliphatic heterocycles. The molecule has 182 valence electrons. The van der Waals surface area contributed by atoms with Gasteiger partial charge in [-0.15, -0.1) is 0 Å². The highest BCUT2D eigenvalue weighted by Crippen LogP contribution is 2.31. The summed E-state index contributed by atoms with van der Waals surface area (Å²) in [5.41, 5.74) is 1.90. The number of imidazole rings is 1. The van der Waals surface area contributed by atoms with Crippen LogP contribution < -0.4 is 10.0 Å². The molecular weight excluding hydrogens is 462 g/mol. The zero-order chi connectivity index (χ0) is 24.3. The van der Waals surface area contributed by atoms with Gasteiger partial charge in [0, 0.05) is 24.4 Å². The van der Waals surface area contributed by atoms with Crippen LogP contribution in [-0.4, -0.2) is 30.0 Å². The smallest absolute Gasteiger partial charge is 0.232 e. The number of carbonyl (C=O) groups excluding carboxylic acids is 1. The molecule has 0 bridgehead atoms. The van der Waals surface area contributed by atoms with Gasteiger partial charge in [-0.3, -0.25) is 9.52 Å². The summed E-state index contributed by atoms with van der Waals surface area (Å²) in [5, 5.41) is 2.67. The second-order valence-corrected chi connectivity index (χ2v) is 10.8. The van der Waals surface area contributed by atoms with Gasteiger partial charge in [-0.05, 0) is 68.9 Å². The molecule has 1 saturated carbocycles. The molecule has 1 fully saturated rings. The molecule has 2 aromatic carbocycles. The Morgan fingerprint density at radius 3 is 2.50 bits per heavy atom. The monoisotopic (exact) mass is 490 g/mol. The standard InChI is InChI=1S/C24H28F2N4O3S/c1-2-34(32,33)30-17-10-11-21-22(13-17)29-23(28-21)12-15-6-8-16(9-7-15)24(31)27-14-18-19(25)4-3-5-20(18)26/h3-5,10-11,13,15-16,30H,2,6-9,12,14H2,1H3,(H,27,31)(H,28,29). The molecule has 0 saturated heterocycles. The number of benzene rings is 2. The molecule has 1 aromatic heterocycles. The Morgan fingerprint density at radius 1 is 1.12 bits per heavy atom. The molecule has 0 atom stereocenters. The molecule has 1 aliphatic carbocycles. The quantitative estimate of drug-likeness (QED) is 0.439. The van der Waals surface area contributed by atoms with Crippen molar-refractivity contribution in [2.24, 2.45) is 11.8 Å². The fourth-order valence-electron chi connectivity index (χ4n) is 4.40. The van der Waals surface area contributed by atoms with Crippen LogP contribution in [0.15, 0.2) is 36.4 Å². The molecule has 1 amide bonds. The minimum atomic E-state index is -3.35. The van der Waals surface area contributed by atoms with Gasteiger partial charge in [-0.2, -0.15) is 0 Å². The van der Waals surface area contributed by atoms with Crippen molar-refractivity contribution in [1.82, 2.24) is 15.3 Å². The lowest BCUT2D eigenvalue weighted by Crippen LogP contribution is -2.33. The van der Waals surface area contributed by atoms with Crippen LogP contribution in [0.25, 0.3) is 11.0 Å². The third-order valence-electron chi connectivity index (χ3n) is 6.38. The maximum absolute atomic E-state index is 13.8. The van der Waals surface area contributed by atoms with E-state index in [4.69, 9.17) is 0 Å². The van der Waals surface area contributed by atoms with Crippen molar-refractivity contribution in [3.63, 3.8) is 0 Å². The highest BCUT2D eigenvalue weighted by atomic mass is 32.2. The molecular formula is C24H28F2N4O3S. The van der Waals surface area contributed by atoms with Crippen molar-refractivity contribution in [1.29, 1.82) is 0 Å². The first-order valence-electron chi connectivity index (χ1n) is 11.4. The summed E-state index contributed by atoms with van der Waals surface area (Å²) in [7, 11) is -3.35. The van der Waals surface area contributed by atoms with Gasteiger partial charge >= 0.3 is 0 Å². The zero-order valence-corrected chi connectivity index (χ0v) is 19.7. The second-order valence-electron chi connectivity index (χ2n) is 8.76. The third-order valence-corrected chi connectivity index (χ3v) is 7.69. The van der Waals surface area contributed by atoms with Crippen molar-refractivity contribution in [2.75, 3.05) is 10.5 Å². The third kappa shape index (κ3) is 5.72. The summed E-state index contributed by atoms with van der Waals surface area (Å²) in [6.45, 7) is 1.42. The van der Waals surface area contributed by atoms with E-state index in [0.29, 0.717) is 24.4 Å². The zero-order valence-electron chi connectivity index (χ0n) is 18.9. The van der Waals surface area contributed by atoms with Gasteiger partial charge in [0.05, 0.1) is 22.5 Å². The van der Waals surface area contributed by atoms with Crippen LogP contribution in [0.2, 0.25) is 0 Å². The van der Waals surface area contributed by atoms with E-state index in [1.165, 1.54) is 18.2 Å². The molecule has 0 unspecified atom stereocenters. The summed E-state index contributed by atoms with van der Waals surface area (Å²) in [4.78, 5) is 20.4. The molecule has 34 heavy (non-hydrogen) atoms. The SMILES string of the molecule is CCS(=O)(=O)Nc1ccc2nc(CC3CCC(C(=O)NCc4c(F)cccc4F)CC3)[nH]c2c1. The van der Waals surface area contributed by atoms with Crippen LogP contribution >= 0.6 is 0 Å². The molecule has 3 N–H and O–H groups in total. The van der Waals surface area contributed by atoms with Crippen LogP contribution in [0, 0.1) is 23.5 Å². The normalized spacial score (nSPS) is 18.7. The number of fused-ring (bicyclic) bond motifs is 1. The molecule has 3 aromatic rings. The second kappa shape index (κ2) is 10.1. The summed E-state index contributed by atoms with van der Waals surface area (Å²) < 4.78 is 53.6. The number of aromatic nitrogens is 2. The van der Waals surface area contributed by atoms with E-state index in [9.17, 15) is 22.0 Å².